The van der Waals surface area contributed by atoms with Crippen LogP contribution in [0.2, 0.25) is 0 Å². The molecule has 10 heteroatoms. The fourth-order valence-corrected chi connectivity index (χ4v) is 8.03. The molecule has 4 aliphatic heterocycles. The van der Waals surface area contributed by atoms with Crippen molar-refractivity contribution >= 4 is 23.7 Å². The van der Waals surface area contributed by atoms with Crippen LogP contribution in [0.25, 0.3) is 0 Å². The smallest absolute Gasteiger partial charge is 0.313 e. The summed E-state index contributed by atoms with van der Waals surface area (Å²) in [6, 6.07) is 7.52. The van der Waals surface area contributed by atoms with Crippen LogP contribution in [0.1, 0.15) is 70.5 Å². The number of nitrogens with one attached hydrogen (secondary N) is 1. The maximum Gasteiger partial charge on any atom is 0.313 e. The molecular weight excluding hydrogens is 574 g/mol. The summed E-state index contributed by atoms with van der Waals surface area (Å²) >= 11 is 0. The molecule has 242 valence electrons. The van der Waals surface area contributed by atoms with Crippen molar-refractivity contribution < 1.29 is 33.8 Å². The molecule has 2 N–H and O–H groups in total. The van der Waals surface area contributed by atoms with Gasteiger partial charge in [-0.3, -0.25) is 19.2 Å². The van der Waals surface area contributed by atoms with Crippen LogP contribution >= 0.6 is 0 Å². The maximum absolute atomic E-state index is 14.9. The average Bonchev–Trinajstić information content (AvgIpc) is 3.69. The van der Waals surface area contributed by atoms with Gasteiger partial charge < -0.3 is 29.7 Å². The summed E-state index contributed by atoms with van der Waals surface area (Å²) in [5, 5.41) is 13.5. The van der Waals surface area contributed by atoms with Crippen molar-refractivity contribution in [3.8, 4) is 0 Å². The predicted molar refractivity (Wildman–Crippen MR) is 165 cm³/mol. The second-order valence-corrected chi connectivity index (χ2v) is 13.4. The molecule has 45 heavy (non-hydrogen) atoms. The van der Waals surface area contributed by atoms with Crippen molar-refractivity contribution in [3.63, 3.8) is 0 Å². The Balaban J connectivity index is 1.43. The molecule has 1 aromatic carbocycles. The van der Waals surface area contributed by atoms with Gasteiger partial charge in [-0.2, -0.15) is 0 Å². The largest absolute Gasteiger partial charge is 0.455 e. The third-order valence-corrected chi connectivity index (χ3v) is 10.4. The van der Waals surface area contributed by atoms with E-state index in [1.54, 1.807) is 12.2 Å². The van der Waals surface area contributed by atoms with Crippen molar-refractivity contribution in [1.82, 2.24) is 15.1 Å². The standard InChI is InChI=1S/C35H45N3O7/c1-22(2)25(21-39)38-31-33(42)37(24-14-8-4-9-15-24)19-11-5-10-16-28(40)36-20-27(23-12-6-3-7-13-23)44-34(43)29-26-17-18-35(31,45-26)30(29)32(38)41/h3,5-7,11-13,17-18,22,24-27,29-31,39H,4,8-10,14-16,19-21H2,1-2H3,(H,36,40)/b11-5-/t25-,26+,27+,29-,30-,31+,35-/m0/s1. The minimum absolute atomic E-state index is 0.00436. The van der Waals surface area contributed by atoms with Gasteiger partial charge in [-0.15, -0.1) is 0 Å². The highest BCUT2D eigenvalue weighted by molar-refractivity contribution is 5.99. The number of aliphatic hydroxyl groups excluding tert-OH is 1. The molecule has 7 atom stereocenters. The van der Waals surface area contributed by atoms with Crippen molar-refractivity contribution in [2.24, 2.45) is 17.8 Å². The topological polar surface area (TPSA) is 125 Å². The van der Waals surface area contributed by atoms with Crippen molar-refractivity contribution in [2.75, 3.05) is 19.7 Å². The Hall–Kier alpha value is -3.50. The molecule has 6 rings (SSSR count). The van der Waals surface area contributed by atoms with Crippen LogP contribution in [0.4, 0.5) is 0 Å². The van der Waals surface area contributed by atoms with Crippen LogP contribution in [0.5, 0.6) is 0 Å². The second kappa shape index (κ2) is 13.1. The molecule has 2 saturated heterocycles. The number of amides is 3. The summed E-state index contributed by atoms with van der Waals surface area (Å²) in [6.45, 7) is 3.93. The summed E-state index contributed by atoms with van der Waals surface area (Å²) in [4.78, 5) is 59.7. The first kappa shape index (κ1) is 31.5. The molecule has 1 aromatic rings. The fourth-order valence-electron chi connectivity index (χ4n) is 8.03. The van der Waals surface area contributed by atoms with Gasteiger partial charge in [0.15, 0.2) is 0 Å². The quantitative estimate of drug-likeness (QED) is 0.383. The van der Waals surface area contributed by atoms with Gasteiger partial charge in [-0.05, 0) is 30.7 Å². The molecule has 3 fully saturated rings. The molecular formula is C35H45N3O7. The number of ether oxygens (including phenoxy) is 2. The monoisotopic (exact) mass is 619 g/mol. The summed E-state index contributed by atoms with van der Waals surface area (Å²) in [6.07, 6.45) is 11.5. The number of hydrogen-bond acceptors (Lipinski definition) is 7. The number of cyclic esters (lactones) is 1. The lowest BCUT2D eigenvalue weighted by molar-refractivity contribution is -0.161. The summed E-state index contributed by atoms with van der Waals surface area (Å²) in [5.74, 6) is -3.49. The Bertz CT molecular complexity index is 1340. The highest BCUT2D eigenvalue weighted by Crippen LogP contribution is 2.56. The molecule has 0 aromatic heterocycles. The first-order valence-corrected chi connectivity index (χ1v) is 16.5. The molecule has 4 heterocycles. The first-order valence-electron chi connectivity index (χ1n) is 16.5. The van der Waals surface area contributed by atoms with Gasteiger partial charge >= 0.3 is 5.97 Å². The molecule has 3 amide bonds. The van der Waals surface area contributed by atoms with Gasteiger partial charge in [0.2, 0.25) is 17.7 Å². The number of rotatable bonds is 5. The first-order chi connectivity index (χ1) is 21.8. The van der Waals surface area contributed by atoms with Crippen molar-refractivity contribution in [3.05, 3.63) is 60.2 Å². The molecule has 0 radical (unpaired) electrons. The van der Waals surface area contributed by atoms with E-state index in [1.165, 1.54) is 4.90 Å². The molecule has 10 nitrogen and oxygen atoms in total. The number of hydrogen-bond donors (Lipinski definition) is 2. The minimum atomic E-state index is -1.36. The Labute approximate surface area is 264 Å². The third-order valence-electron chi connectivity index (χ3n) is 10.4. The molecule has 1 spiro atoms. The Morgan fingerprint density at radius 2 is 1.78 bits per heavy atom. The maximum atomic E-state index is 14.9. The van der Waals surface area contributed by atoms with Crippen LogP contribution < -0.4 is 5.32 Å². The minimum Gasteiger partial charge on any atom is -0.455 e. The predicted octanol–water partition coefficient (Wildman–Crippen LogP) is 3.07. The summed E-state index contributed by atoms with van der Waals surface area (Å²) in [5.41, 5.74) is -0.639. The van der Waals surface area contributed by atoms with Gasteiger partial charge in [0.1, 0.15) is 23.7 Å². The van der Waals surface area contributed by atoms with E-state index in [2.05, 4.69) is 5.32 Å². The Kier molecular flexibility index (Phi) is 9.15. The van der Waals surface area contributed by atoms with E-state index in [4.69, 9.17) is 9.47 Å². The van der Waals surface area contributed by atoms with Crippen LogP contribution in [-0.2, 0) is 28.7 Å². The summed E-state index contributed by atoms with van der Waals surface area (Å²) in [7, 11) is 0. The molecule has 5 aliphatic rings. The van der Waals surface area contributed by atoms with Crippen molar-refractivity contribution in [1.29, 1.82) is 0 Å². The van der Waals surface area contributed by atoms with Crippen LogP contribution in [0.3, 0.4) is 0 Å². The number of allylic oxidation sites excluding steroid dienone is 1. The normalized spacial score (nSPS) is 34.2. The number of benzene rings is 1. The zero-order valence-corrected chi connectivity index (χ0v) is 26.2. The highest BCUT2D eigenvalue weighted by Gasteiger charge is 2.74. The van der Waals surface area contributed by atoms with Gasteiger partial charge in [0.05, 0.1) is 31.2 Å². The third kappa shape index (κ3) is 5.71. The van der Waals surface area contributed by atoms with Crippen LogP contribution in [0, 0.1) is 17.8 Å². The van der Waals surface area contributed by atoms with E-state index in [1.807, 2.05) is 61.2 Å². The molecule has 5 bridgehead atoms. The number of aliphatic hydroxyl groups is 1. The highest BCUT2D eigenvalue weighted by atomic mass is 16.6. The zero-order chi connectivity index (χ0) is 31.7. The lowest BCUT2D eigenvalue weighted by Gasteiger charge is -2.42. The van der Waals surface area contributed by atoms with E-state index in [0.29, 0.717) is 18.5 Å². The van der Waals surface area contributed by atoms with Crippen molar-refractivity contribution in [2.45, 2.75) is 94.7 Å². The van der Waals surface area contributed by atoms with Crippen LogP contribution in [-0.4, -0.2) is 88.1 Å². The molecule has 1 saturated carbocycles. The zero-order valence-electron chi connectivity index (χ0n) is 26.2. The van der Waals surface area contributed by atoms with Gasteiger partial charge in [-0.1, -0.05) is 87.7 Å². The SMILES string of the molecule is CC(C)[C@H](CO)N1C(=O)[C@@H]2[C@H]3C(=O)O[C@@H](c4ccccc4)CNC(=O)CC/C=C\CN(C4CCCCC4)C(=O)[C@@H]1[C@]21C=C[C@H]3O1. The number of carbonyl (C=O) groups is 4. The van der Waals surface area contributed by atoms with E-state index < -0.39 is 47.7 Å². The Morgan fingerprint density at radius 3 is 2.49 bits per heavy atom. The van der Waals surface area contributed by atoms with E-state index >= 15 is 0 Å². The fraction of sp³-hybridized carbons (Fsp3) is 0.600. The average molecular weight is 620 g/mol. The lowest BCUT2D eigenvalue weighted by Crippen LogP contribution is -2.61. The number of carbonyl (C=O) groups excluding carboxylic acids is 4. The van der Waals surface area contributed by atoms with E-state index in [0.717, 1.165) is 32.1 Å². The van der Waals surface area contributed by atoms with Gasteiger partial charge in [0.25, 0.3) is 0 Å². The number of esters is 1. The summed E-state index contributed by atoms with van der Waals surface area (Å²) < 4.78 is 12.7. The molecule has 0 unspecified atom stereocenters. The van der Waals surface area contributed by atoms with E-state index in [9.17, 15) is 24.3 Å². The lowest BCUT2D eigenvalue weighted by atomic mass is 9.74. The Morgan fingerprint density at radius 1 is 1.02 bits per heavy atom. The number of fused-ring (bicyclic) bond motifs is 2. The van der Waals surface area contributed by atoms with Gasteiger partial charge in [-0.25, -0.2) is 0 Å². The van der Waals surface area contributed by atoms with Gasteiger partial charge in [0, 0.05) is 19.0 Å². The number of nitrogens with zero attached hydrogens (tertiary/aromatic N) is 2. The second-order valence-electron chi connectivity index (χ2n) is 13.4. The van der Waals surface area contributed by atoms with E-state index in [-0.39, 0.29) is 49.3 Å². The number of likely N-dealkylation sites (tertiary alicyclic amines) is 1. The molecule has 1 aliphatic carbocycles. The van der Waals surface area contributed by atoms with Crippen LogP contribution in [0.15, 0.2) is 54.6 Å².